The number of aromatic nitrogens is 1. The Labute approximate surface area is 155 Å². The Hall–Kier alpha value is -2.60. The third-order valence-corrected chi connectivity index (χ3v) is 4.60. The van der Waals surface area contributed by atoms with Gasteiger partial charge in [0.15, 0.2) is 0 Å². The molecule has 1 aromatic carbocycles. The van der Waals surface area contributed by atoms with Crippen molar-refractivity contribution >= 4 is 11.7 Å². The Morgan fingerprint density at radius 1 is 1.15 bits per heavy atom. The van der Waals surface area contributed by atoms with Crippen LogP contribution in [-0.2, 0) is 11.3 Å². The molecule has 1 amide bonds. The monoisotopic (exact) mass is 354 g/mol. The molecule has 1 saturated heterocycles. The second-order valence-corrected chi connectivity index (χ2v) is 6.58. The van der Waals surface area contributed by atoms with Gasteiger partial charge >= 0.3 is 0 Å². The number of pyridine rings is 1. The maximum atomic E-state index is 12.6. The molecule has 1 fully saturated rings. The highest BCUT2D eigenvalue weighted by Gasteiger charge is 2.22. The number of carbonyl (C=O) groups excluding carboxylic acids is 1. The summed E-state index contributed by atoms with van der Waals surface area (Å²) in [6.45, 7) is 4.26. The highest BCUT2D eigenvalue weighted by Crippen LogP contribution is 2.15. The number of anilines is 1. The lowest BCUT2D eigenvalue weighted by molar-refractivity contribution is -0.132. The average Bonchev–Trinajstić information content (AvgIpc) is 2.69. The van der Waals surface area contributed by atoms with Crippen LogP contribution in [0.2, 0.25) is 0 Å². The van der Waals surface area contributed by atoms with E-state index in [0.717, 1.165) is 49.9 Å². The normalized spacial score (nSPS) is 14.6. The Balaban J connectivity index is 1.47. The fourth-order valence-corrected chi connectivity index (χ4v) is 3.20. The smallest absolute Gasteiger partial charge is 0.236 e. The summed E-state index contributed by atoms with van der Waals surface area (Å²) in [5, 5.41) is 0. The molecule has 0 atom stereocenters. The van der Waals surface area contributed by atoms with Crippen LogP contribution in [0.25, 0.3) is 0 Å². The molecule has 6 heteroatoms. The van der Waals surface area contributed by atoms with Crippen LogP contribution in [0.5, 0.6) is 5.75 Å². The first-order valence-corrected chi connectivity index (χ1v) is 8.91. The molecule has 1 aliphatic heterocycles. The van der Waals surface area contributed by atoms with E-state index < -0.39 is 0 Å². The van der Waals surface area contributed by atoms with Gasteiger partial charge in [0, 0.05) is 38.9 Å². The van der Waals surface area contributed by atoms with Gasteiger partial charge in [0.25, 0.3) is 0 Å². The fourth-order valence-electron chi connectivity index (χ4n) is 3.20. The van der Waals surface area contributed by atoms with Crippen molar-refractivity contribution in [2.75, 3.05) is 51.8 Å². The third-order valence-electron chi connectivity index (χ3n) is 4.60. The first-order valence-electron chi connectivity index (χ1n) is 8.91. The number of nitrogens with zero attached hydrogens (tertiary/aromatic N) is 4. The van der Waals surface area contributed by atoms with Gasteiger partial charge in [0.1, 0.15) is 11.6 Å². The number of hydrogen-bond acceptors (Lipinski definition) is 5. The largest absolute Gasteiger partial charge is 0.497 e. The van der Waals surface area contributed by atoms with E-state index in [2.05, 4.69) is 16.0 Å². The van der Waals surface area contributed by atoms with E-state index in [1.54, 1.807) is 13.3 Å². The topological polar surface area (TPSA) is 48.9 Å². The molecule has 0 N–H and O–H groups in total. The lowest BCUT2D eigenvalue weighted by Gasteiger charge is -2.36. The number of benzene rings is 1. The van der Waals surface area contributed by atoms with Gasteiger partial charge in [-0.2, -0.15) is 0 Å². The molecule has 0 unspecified atom stereocenters. The van der Waals surface area contributed by atoms with Gasteiger partial charge in [-0.1, -0.05) is 18.2 Å². The van der Waals surface area contributed by atoms with Crippen LogP contribution in [0.4, 0.5) is 5.82 Å². The van der Waals surface area contributed by atoms with Gasteiger partial charge in [-0.3, -0.25) is 9.69 Å². The second-order valence-electron chi connectivity index (χ2n) is 6.58. The Bertz CT molecular complexity index is 715. The minimum Gasteiger partial charge on any atom is -0.497 e. The molecule has 1 aromatic heterocycles. The maximum Gasteiger partial charge on any atom is 0.236 e. The van der Waals surface area contributed by atoms with E-state index in [9.17, 15) is 4.79 Å². The van der Waals surface area contributed by atoms with E-state index in [1.165, 1.54) is 0 Å². The van der Waals surface area contributed by atoms with Crippen LogP contribution in [0.3, 0.4) is 0 Å². The van der Waals surface area contributed by atoms with Crippen LogP contribution >= 0.6 is 0 Å². The molecule has 2 heterocycles. The number of hydrogen-bond donors (Lipinski definition) is 0. The van der Waals surface area contributed by atoms with Gasteiger partial charge in [0.05, 0.1) is 13.7 Å². The highest BCUT2D eigenvalue weighted by atomic mass is 16.5. The molecule has 1 aliphatic rings. The molecule has 6 nitrogen and oxygen atoms in total. The summed E-state index contributed by atoms with van der Waals surface area (Å²) < 4.78 is 5.26. The summed E-state index contributed by atoms with van der Waals surface area (Å²) in [6.07, 6.45) is 1.81. The van der Waals surface area contributed by atoms with E-state index in [1.807, 2.05) is 53.2 Å². The summed E-state index contributed by atoms with van der Waals surface area (Å²) in [7, 11) is 3.64. The predicted octanol–water partition coefficient (Wildman–Crippen LogP) is 1.87. The maximum absolute atomic E-state index is 12.6. The molecule has 3 rings (SSSR count). The SMILES string of the molecule is COc1cccc(CN(C)CC(=O)N2CCN(c3ccccn3)CC2)c1. The fraction of sp³-hybridized carbons (Fsp3) is 0.400. The molecular formula is C20H26N4O2. The van der Waals surface area contributed by atoms with Crippen molar-refractivity contribution in [2.45, 2.75) is 6.54 Å². The van der Waals surface area contributed by atoms with Crippen LogP contribution in [0.1, 0.15) is 5.56 Å². The standard InChI is InChI=1S/C20H26N4O2/c1-22(15-17-6-5-7-18(14-17)26-2)16-20(25)24-12-10-23(11-13-24)19-8-3-4-9-21-19/h3-9,14H,10-13,15-16H2,1-2H3. The quantitative estimate of drug-likeness (QED) is 0.793. The summed E-state index contributed by atoms with van der Waals surface area (Å²) >= 11 is 0. The number of piperazine rings is 1. The number of likely N-dealkylation sites (N-methyl/N-ethyl adjacent to an activating group) is 1. The number of ether oxygens (including phenoxy) is 1. The lowest BCUT2D eigenvalue weighted by Crippen LogP contribution is -2.51. The van der Waals surface area contributed by atoms with E-state index in [-0.39, 0.29) is 5.91 Å². The Kier molecular flexibility index (Phi) is 6.07. The Morgan fingerprint density at radius 3 is 2.65 bits per heavy atom. The van der Waals surface area contributed by atoms with E-state index in [0.29, 0.717) is 6.54 Å². The van der Waals surface area contributed by atoms with Crippen molar-refractivity contribution in [3.8, 4) is 5.75 Å². The molecule has 0 radical (unpaired) electrons. The van der Waals surface area contributed by atoms with Crippen LogP contribution in [0.15, 0.2) is 48.7 Å². The van der Waals surface area contributed by atoms with E-state index in [4.69, 9.17) is 4.74 Å². The summed E-state index contributed by atoms with van der Waals surface area (Å²) in [5.41, 5.74) is 1.14. The number of methoxy groups -OCH3 is 1. The van der Waals surface area contributed by atoms with Crippen molar-refractivity contribution in [3.63, 3.8) is 0 Å². The van der Waals surface area contributed by atoms with Gasteiger partial charge in [-0.25, -0.2) is 4.98 Å². The predicted molar refractivity (Wildman–Crippen MR) is 102 cm³/mol. The van der Waals surface area contributed by atoms with Crippen molar-refractivity contribution in [1.82, 2.24) is 14.8 Å². The van der Waals surface area contributed by atoms with Crippen LogP contribution < -0.4 is 9.64 Å². The summed E-state index contributed by atoms with van der Waals surface area (Å²) in [5.74, 6) is 2.00. The number of carbonyl (C=O) groups is 1. The molecule has 138 valence electrons. The van der Waals surface area contributed by atoms with Crippen molar-refractivity contribution in [2.24, 2.45) is 0 Å². The van der Waals surface area contributed by atoms with Crippen molar-refractivity contribution in [1.29, 1.82) is 0 Å². The van der Waals surface area contributed by atoms with Gasteiger partial charge in [-0.05, 0) is 36.9 Å². The second kappa shape index (κ2) is 8.67. The zero-order valence-corrected chi connectivity index (χ0v) is 15.5. The molecule has 2 aromatic rings. The molecule has 0 bridgehead atoms. The molecule has 0 saturated carbocycles. The molecule has 0 spiro atoms. The van der Waals surface area contributed by atoms with Crippen molar-refractivity contribution in [3.05, 3.63) is 54.2 Å². The first kappa shape index (κ1) is 18.2. The van der Waals surface area contributed by atoms with Crippen molar-refractivity contribution < 1.29 is 9.53 Å². The molecule has 26 heavy (non-hydrogen) atoms. The zero-order chi connectivity index (χ0) is 18.4. The Morgan fingerprint density at radius 2 is 1.96 bits per heavy atom. The number of rotatable bonds is 6. The first-order chi connectivity index (χ1) is 12.7. The van der Waals surface area contributed by atoms with Crippen LogP contribution in [0, 0.1) is 0 Å². The number of amides is 1. The minimum absolute atomic E-state index is 0.177. The lowest BCUT2D eigenvalue weighted by atomic mass is 10.2. The molecule has 0 aliphatic carbocycles. The minimum atomic E-state index is 0.177. The summed E-state index contributed by atoms with van der Waals surface area (Å²) in [4.78, 5) is 23.2. The summed E-state index contributed by atoms with van der Waals surface area (Å²) in [6, 6.07) is 13.9. The van der Waals surface area contributed by atoms with Crippen LogP contribution in [-0.4, -0.2) is 67.6 Å². The third kappa shape index (κ3) is 4.73. The molecular weight excluding hydrogens is 328 g/mol. The van der Waals surface area contributed by atoms with Gasteiger partial charge < -0.3 is 14.5 Å². The highest BCUT2D eigenvalue weighted by molar-refractivity contribution is 5.78. The van der Waals surface area contributed by atoms with Gasteiger partial charge in [-0.15, -0.1) is 0 Å². The van der Waals surface area contributed by atoms with E-state index >= 15 is 0 Å². The zero-order valence-electron chi connectivity index (χ0n) is 15.5. The average molecular weight is 354 g/mol. The van der Waals surface area contributed by atoms with Gasteiger partial charge in [0.2, 0.25) is 5.91 Å².